The zero-order chi connectivity index (χ0) is 14.4. The summed E-state index contributed by atoms with van der Waals surface area (Å²) in [6.07, 6.45) is 0. The van der Waals surface area contributed by atoms with Crippen LogP contribution in [0.3, 0.4) is 0 Å². The molecule has 0 bridgehead atoms. The van der Waals surface area contributed by atoms with Gasteiger partial charge in [-0.15, -0.1) is 0 Å². The number of rotatable bonds is 6. The molecule has 0 aliphatic heterocycles. The van der Waals surface area contributed by atoms with Crippen LogP contribution in [0.4, 0.5) is 5.69 Å². The summed E-state index contributed by atoms with van der Waals surface area (Å²) in [4.78, 5) is 22.4. The van der Waals surface area contributed by atoms with E-state index >= 15 is 0 Å². The molecule has 0 aliphatic rings. The largest absolute Gasteiger partial charge is 0.351 e. The van der Waals surface area contributed by atoms with Crippen molar-refractivity contribution in [2.45, 2.75) is 26.8 Å². The number of nitro benzene ring substituents is 1. The molecule has 1 aromatic carbocycles. The third kappa shape index (κ3) is 4.33. The van der Waals surface area contributed by atoms with Crippen molar-refractivity contribution >= 4 is 11.6 Å². The predicted molar refractivity (Wildman–Crippen MR) is 73.3 cm³/mol. The van der Waals surface area contributed by atoms with Crippen LogP contribution in [0.2, 0.25) is 0 Å². The minimum absolute atomic E-state index is 0.136. The van der Waals surface area contributed by atoms with E-state index in [1.54, 1.807) is 19.1 Å². The van der Waals surface area contributed by atoms with Crippen molar-refractivity contribution in [1.29, 1.82) is 0 Å². The minimum Gasteiger partial charge on any atom is -0.351 e. The molecule has 2 N–H and O–H groups in total. The van der Waals surface area contributed by atoms with Gasteiger partial charge in [-0.3, -0.25) is 14.9 Å². The van der Waals surface area contributed by atoms with Crippen LogP contribution in [0.5, 0.6) is 0 Å². The van der Waals surface area contributed by atoms with E-state index in [4.69, 9.17) is 0 Å². The second-order valence-corrected chi connectivity index (χ2v) is 4.59. The van der Waals surface area contributed by atoms with Gasteiger partial charge in [0.1, 0.15) is 5.56 Å². The fourth-order valence-electron chi connectivity index (χ4n) is 1.73. The number of nitrogens with zero attached hydrogens (tertiary/aromatic N) is 1. The zero-order valence-corrected chi connectivity index (χ0v) is 11.4. The molecule has 0 fully saturated rings. The normalized spacial score (nSPS) is 10.5. The lowest BCUT2D eigenvalue weighted by molar-refractivity contribution is -0.385. The highest BCUT2D eigenvalue weighted by molar-refractivity contribution is 5.99. The fraction of sp³-hybridized carbons (Fsp3) is 0.462. The molecule has 0 saturated carbocycles. The number of hydrogen-bond acceptors (Lipinski definition) is 4. The van der Waals surface area contributed by atoms with Gasteiger partial charge in [-0.2, -0.15) is 0 Å². The van der Waals surface area contributed by atoms with Crippen molar-refractivity contribution in [2.75, 3.05) is 13.1 Å². The lowest BCUT2D eigenvalue weighted by Gasteiger charge is -2.10. The van der Waals surface area contributed by atoms with E-state index in [0.717, 1.165) is 0 Å². The second kappa shape index (κ2) is 6.84. The van der Waals surface area contributed by atoms with E-state index in [1.807, 2.05) is 13.8 Å². The molecular weight excluding hydrogens is 246 g/mol. The van der Waals surface area contributed by atoms with E-state index in [0.29, 0.717) is 24.7 Å². The van der Waals surface area contributed by atoms with Gasteiger partial charge in [-0.05, 0) is 12.5 Å². The molecule has 104 valence electrons. The molecule has 0 aromatic heterocycles. The first kappa shape index (κ1) is 15.1. The number of carbonyl (C=O) groups is 1. The average molecular weight is 265 g/mol. The molecule has 0 heterocycles. The molecule has 1 amide bonds. The summed E-state index contributed by atoms with van der Waals surface area (Å²) in [7, 11) is 0. The monoisotopic (exact) mass is 265 g/mol. The Morgan fingerprint density at radius 1 is 1.37 bits per heavy atom. The van der Waals surface area contributed by atoms with Crippen molar-refractivity contribution in [3.05, 3.63) is 39.4 Å². The van der Waals surface area contributed by atoms with Crippen LogP contribution in [-0.2, 0) is 0 Å². The van der Waals surface area contributed by atoms with Crippen molar-refractivity contribution in [3.8, 4) is 0 Å². The molecule has 6 heteroatoms. The van der Waals surface area contributed by atoms with Crippen molar-refractivity contribution < 1.29 is 9.72 Å². The molecule has 0 spiro atoms. The average Bonchev–Trinajstić information content (AvgIpc) is 2.33. The summed E-state index contributed by atoms with van der Waals surface area (Å²) in [5.41, 5.74) is 0.579. The van der Waals surface area contributed by atoms with Gasteiger partial charge in [0.05, 0.1) is 4.92 Å². The van der Waals surface area contributed by atoms with Crippen LogP contribution < -0.4 is 10.6 Å². The Bertz CT molecular complexity index is 472. The van der Waals surface area contributed by atoms with E-state index < -0.39 is 10.8 Å². The Hall–Kier alpha value is -1.95. The Morgan fingerprint density at radius 3 is 2.63 bits per heavy atom. The first-order chi connectivity index (χ1) is 8.93. The topological polar surface area (TPSA) is 84.3 Å². The lowest BCUT2D eigenvalue weighted by atomic mass is 10.1. The highest BCUT2D eigenvalue weighted by atomic mass is 16.6. The number of aryl methyl sites for hydroxylation is 1. The molecule has 0 unspecified atom stereocenters. The Labute approximate surface area is 112 Å². The van der Waals surface area contributed by atoms with Gasteiger partial charge >= 0.3 is 0 Å². The number of amides is 1. The molecule has 1 aromatic rings. The third-order valence-electron chi connectivity index (χ3n) is 2.64. The van der Waals surface area contributed by atoms with Crippen molar-refractivity contribution in [2.24, 2.45) is 0 Å². The molecule has 0 radical (unpaired) electrons. The van der Waals surface area contributed by atoms with E-state index in [1.165, 1.54) is 6.07 Å². The van der Waals surface area contributed by atoms with Gasteiger partial charge in [0, 0.05) is 25.2 Å². The van der Waals surface area contributed by atoms with Crippen LogP contribution in [0.1, 0.15) is 29.8 Å². The fourth-order valence-corrected chi connectivity index (χ4v) is 1.73. The molecule has 6 nitrogen and oxygen atoms in total. The Kier molecular flexibility index (Phi) is 5.44. The predicted octanol–water partition coefficient (Wildman–Crippen LogP) is 1.63. The number of nitro groups is 1. The maximum absolute atomic E-state index is 12.0. The van der Waals surface area contributed by atoms with Crippen LogP contribution in [0, 0.1) is 17.0 Å². The Morgan fingerprint density at radius 2 is 2.05 bits per heavy atom. The van der Waals surface area contributed by atoms with E-state index in [-0.39, 0.29) is 11.3 Å². The first-order valence-electron chi connectivity index (χ1n) is 6.19. The highest BCUT2D eigenvalue weighted by Crippen LogP contribution is 2.21. The summed E-state index contributed by atoms with van der Waals surface area (Å²) >= 11 is 0. The first-order valence-corrected chi connectivity index (χ1v) is 6.19. The molecule has 19 heavy (non-hydrogen) atoms. The van der Waals surface area contributed by atoms with Crippen LogP contribution >= 0.6 is 0 Å². The molecule has 0 saturated heterocycles. The summed E-state index contributed by atoms with van der Waals surface area (Å²) in [5.74, 6) is -0.407. The molecular formula is C13H19N3O3. The number of nitrogens with one attached hydrogen (secondary N) is 2. The van der Waals surface area contributed by atoms with E-state index in [2.05, 4.69) is 10.6 Å². The molecule has 1 rings (SSSR count). The van der Waals surface area contributed by atoms with Crippen molar-refractivity contribution in [3.63, 3.8) is 0 Å². The number of benzene rings is 1. The summed E-state index contributed by atoms with van der Waals surface area (Å²) < 4.78 is 0. The lowest BCUT2D eigenvalue weighted by Crippen LogP contribution is -2.35. The number of carbonyl (C=O) groups excluding carboxylic acids is 1. The molecule has 0 atom stereocenters. The smallest absolute Gasteiger partial charge is 0.282 e. The number of hydrogen-bond donors (Lipinski definition) is 2. The Balaban J connectivity index is 2.74. The third-order valence-corrected chi connectivity index (χ3v) is 2.64. The van der Waals surface area contributed by atoms with Gasteiger partial charge in [-0.1, -0.05) is 26.0 Å². The van der Waals surface area contributed by atoms with Crippen LogP contribution in [-0.4, -0.2) is 30.0 Å². The summed E-state index contributed by atoms with van der Waals surface area (Å²) in [5, 5.41) is 16.8. The maximum Gasteiger partial charge on any atom is 0.282 e. The van der Waals surface area contributed by atoms with Gasteiger partial charge < -0.3 is 10.6 Å². The minimum atomic E-state index is -0.533. The highest BCUT2D eigenvalue weighted by Gasteiger charge is 2.21. The van der Waals surface area contributed by atoms with Gasteiger partial charge in [-0.25, -0.2) is 0 Å². The van der Waals surface area contributed by atoms with Crippen LogP contribution in [0.15, 0.2) is 18.2 Å². The van der Waals surface area contributed by atoms with Gasteiger partial charge in [0.15, 0.2) is 0 Å². The maximum atomic E-state index is 12.0. The zero-order valence-electron chi connectivity index (χ0n) is 11.4. The quantitative estimate of drug-likeness (QED) is 0.465. The van der Waals surface area contributed by atoms with Gasteiger partial charge in [0.25, 0.3) is 11.6 Å². The standard InChI is InChI=1S/C13H19N3O3/c1-9(2)14-7-8-15-13(17)12-10(3)5-4-6-11(12)16(18)19/h4-6,9,14H,7-8H2,1-3H3,(H,15,17). The summed E-state index contributed by atoms with van der Waals surface area (Å²) in [6, 6.07) is 4.94. The SMILES string of the molecule is Cc1cccc([N+](=O)[O-])c1C(=O)NCCNC(C)C. The summed E-state index contributed by atoms with van der Waals surface area (Å²) in [6.45, 7) is 6.77. The van der Waals surface area contributed by atoms with Crippen LogP contribution in [0.25, 0.3) is 0 Å². The second-order valence-electron chi connectivity index (χ2n) is 4.59. The van der Waals surface area contributed by atoms with Gasteiger partial charge in [0.2, 0.25) is 0 Å². The van der Waals surface area contributed by atoms with Crippen molar-refractivity contribution in [1.82, 2.24) is 10.6 Å². The molecule has 0 aliphatic carbocycles. The van der Waals surface area contributed by atoms with E-state index in [9.17, 15) is 14.9 Å².